The third-order valence-corrected chi connectivity index (χ3v) is 4.30. The summed E-state index contributed by atoms with van der Waals surface area (Å²) >= 11 is 6.03. The number of anilines is 1. The van der Waals surface area contributed by atoms with Crippen molar-refractivity contribution in [2.45, 2.75) is 25.6 Å². The Morgan fingerprint density at radius 1 is 1.32 bits per heavy atom. The molecular formula is C16H23ClF3N3O2. The van der Waals surface area contributed by atoms with Crippen LogP contribution in [-0.4, -0.2) is 67.0 Å². The quantitative estimate of drug-likeness (QED) is 0.821. The van der Waals surface area contributed by atoms with Crippen LogP contribution >= 0.6 is 11.6 Å². The molecule has 1 saturated heterocycles. The third-order valence-electron chi connectivity index (χ3n) is 4.02. The van der Waals surface area contributed by atoms with Gasteiger partial charge in [0.1, 0.15) is 5.82 Å². The zero-order valence-corrected chi connectivity index (χ0v) is 14.9. The van der Waals surface area contributed by atoms with Crippen molar-refractivity contribution >= 4 is 17.4 Å². The SMILES string of the molecule is CCOCC(O)CN1CCCN(c2ncc(C(F)(F)F)cc2Cl)CC1. The van der Waals surface area contributed by atoms with Gasteiger partial charge in [-0.05, 0) is 26.0 Å². The smallest absolute Gasteiger partial charge is 0.389 e. The molecule has 0 saturated carbocycles. The van der Waals surface area contributed by atoms with Gasteiger partial charge in [0.05, 0.1) is 23.3 Å². The van der Waals surface area contributed by atoms with Gasteiger partial charge < -0.3 is 14.7 Å². The van der Waals surface area contributed by atoms with Crippen molar-refractivity contribution in [1.29, 1.82) is 0 Å². The Morgan fingerprint density at radius 2 is 2.08 bits per heavy atom. The molecule has 1 fully saturated rings. The Hall–Kier alpha value is -1.09. The lowest BCUT2D eigenvalue weighted by molar-refractivity contribution is -0.137. The number of halogens is 4. The van der Waals surface area contributed by atoms with E-state index in [0.717, 1.165) is 25.2 Å². The Kier molecular flexibility index (Phi) is 7.30. The van der Waals surface area contributed by atoms with Gasteiger partial charge in [0.2, 0.25) is 0 Å². The highest BCUT2D eigenvalue weighted by molar-refractivity contribution is 6.33. The predicted molar refractivity (Wildman–Crippen MR) is 90.0 cm³/mol. The van der Waals surface area contributed by atoms with Crippen molar-refractivity contribution in [3.63, 3.8) is 0 Å². The van der Waals surface area contributed by atoms with E-state index in [-0.39, 0.29) is 5.02 Å². The van der Waals surface area contributed by atoms with E-state index in [2.05, 4.69) is 9.88 Å². The number of hydrogen-bond donors (Lipinski definition) is 1. The number of β-amino-alcohol motifs (C(OH)–C–C–N with tert-alkyl or cyclic N) is 1. The predicted octanol–water partition coefficient (Wildman–Crippen LogP) is 2.66. The Balaban J connectivity index is 1.96. The number of hydrogen-bond acceptors (Lipinski definition) is 5. The molecule has 0 radical (unpaired) electrons. The van der Waals surface area contributed by atoms with Gasteiger partial charge in [-0.25, -0.2) is 4.98 Å². The van der Waals surface area contributed by atoms with Crippen molar-refractivity contribution in [3.8, 4) is 0 Å². The fraction of sp³-hybridized carbons (Fsp3) is 0.688. The molecule has 0 aromatic carbocycles. The van der Waals surface area contributed by atoms with E-state index in [0.29, 0.717) is 45.2 Å². The average molecular weight is 382 g/mol. The van der Waals surface area contributed by atoms with Gasteiger partial charge in [-0.1, -0.05) is 11.6 Å². The summed E-state index contributed by atoms with van der Waals surface area (Å²) < 4.78 is 43.4. The van der Waals surface area contributed by atoms with Gasteiger partial charge in [-0.3, -0.25) is 4.90 Å². The van der Waals surface area contributed by atoms with Gasteiger partial charge in [0.25, 0.3) is 0 Å². The van der Waals surface area contributed by atoms with Crippen LogP contribution in [0.5, 0.6) is 0 Å². The van der Waals surface area contributed by atoms with Gasteiger partial charge in [-0.15, -0.1) is 0 Å². The summed E-state index contributed by atoms with van der Waals surface area (Å²) in [4.78, 5) is 7.92. The zero-order chi connectivity index (χ0) is 18.4. The van der Waals surface area contributed by atoms with E-state index in [1.165, 1.54) is 0 Å². The Morgan fingerprint density at radius 3 is 2.72 bits per heavy atom. The Labute approximate surface area is 150 Å². The largest absolute Gasteiger partial charge is 0.417 e. The third kappa shape index (κ3) is 5.99. The van der Waals surface area contributed by atoms with Crippen molar-refractivity contribution in [1.82, 2.24) is 9.88 Å². The minimum Gasteiger partial charge on any atom is -0.389 e. The molecule has 2 rings (SSSR count). The molecule has 1 aromatic rings. The van der Waals surface area contributed by atoms with Crippen LogP contribution in [0.25, 0.3) is 0 Å². The highest BCUT2D eigenvalue weighted by Gasteiger charge is 2.32. The number of aliphatic hydroxyl groups is 1. The lowest BCUT2D eigenvalue weighted by Crippen LogP contribution is -2.37. The lowest BCUT2D eigenvalue weighted by atomic mass is 10.2. The first kappa shape index (κ1) is 20.2. The number of alkyl halides is 3. The monoisotopic (exact) mass is 381 g/mol. The zero-order valence-electron chi connectivity index (χ0n) is 14.1. The van der Waals surface area contributed by atoms with Crippen molar-refractivity contribution in [3.05, 3.63) is 22.8 Å². The first-order chi connectivity index (χ1) is 11.8. The van der Waals surface area contributed by atoms with Crippen LogP contribution in [0.4, 0.5) is 19.0 Å². The number of nitrogens with zero attached hydrogens (tertiary/aromatic N) is 3. The summed E-state index contributed by atoms with van der Waals surface area (Å²) in [5, 5.41) is 9.94. The maximum atomic E-state index is 12.7. The molecule has 1 N–H and O–H groups in total. The maximum absolute atomic E-state index is 12.7. The molecule has 0 spiro atoms. The molecule has 0 aliphatic carbocycles. The van der Waals surface area contributed by atoms with E-state index in [1.54, 1.807) is 0 Å². The molecule has 1 atom stereocenters. The number of rotatable bonds is 6. The van der Waals surface area contributed by atoms with Gasteiger partial charge in [0.15, 0.2) is 0 Å². The van der Waals surface area contributed by atoms with Crippen LogP contribution < -0.4 is 4.90 Å². The van der Waals surface area contributed by atoms with Gasteiger partial charge in [-0.2, -0.15) is 13.2 Å². The van der Waals surface area contributed by atoms with Crippen molar-refractivity contribution < 1.29 is 23.0 Å². The maximum Gasteiger partial charge on any atom is 0.417 e. The van der Waals surface area contributed by atoms with Crippen molar-refractivity contribution in [2.24, 2.45) is 0 Å². The first-order valence-corrected chi connectivity index (χ1v) is 8.65. The molecule has 1 aliphatic heterocycles. The minimum absolute atomic E-state index is 0.000319. The Bertz CT molecular complexity index is 560. The molecule has 142 valence electrons. The summed E-state index contributed by atoms with van der Waals surface area (Å²) in [5.41, 5.74) is -0.850. The number of pyridine rings is 1. The van der Waals surface area contributed by atoms with E-state index >= 15 is 0 Å². The fourth-order valence-electron chi connectivity index (χ4n) is 2.79. The summed E-state index contributed by atoms with van der Waals surface area (Å²) in [6.45, 7) is 5.92. The minimum atomic E-state index is -4.46. The second-order valence-corrected chi connectivity index (χ2v) is 6.39. The molecule has 0 bridgehead atoms. The highest BCUT2D eigenvalue weighted by atomic mass is 35.5. The number of aromatic nitrogens is 1. The van der Waals surface area contributed by atoms with Gasteiger partial charge >= 0.3 is 6.18 Å². The van der Waals surface area contributed by atoms with Crippen LogP contribution in [0.15, 0.2) is 12.3 Å². The molecule has 5 nitrogen and oxygen atoms in total. The normalized spacial score (nSPS) is 18.2. The highest BCUT2D eigenvalue weighted by Crippen LogP contribution is 2.33. The molecule has 25 heavy (non-hydrogen) atoms. The second-order valence-electron chi connectivity index (χ2n) is 5.98. The number of aliphatic hydroxyl groups excluding tert-OH is 1. The molecule has 1 aliphatic rings. The average Bonchev–Trinajstić information content (AvgIpc) is 2.77. The topological polar surface area (TPSA) is 48.8 Å². The summed E-state index contributed by atoms with van der Waals surface area (Å²) in [5.74, 6) is 0.367. The molecule has 1 unspecified atom stereocenters. The van der Waals surface area contributed by atoms with Crippen LogP contribution in [0.2, 0.25) is 5.02 Å². The van der Waals surface area contributed by atoms with Crippen LogP contribution in [0.1, 0.15) is 18.9 Å². The summed E-state index contributed by atoms with van der Waals surface area (Å²) in [7, 11) is 0. The second kappa shape index (κ2) is 9.02. The van der Waals surface area contributed by atoms with Crippen LogP contribution in [0.3, 0.4) is 0 Å². The standard InChI is InChI=1S/C16H23ClF3N3O2/c1-2-25-11-13(24)10-22-4-3-5-23(7-6-22)15-14(17)8-12(9-21-15)16(18,19)20/h8-9,13,24H,2-7,10-11H2,1H3. The number of ether oxygens (including phenoxy) is 1. The van der Waals surface area contributed by atoms with Gasteiger partial charge in [0, 0.05) is 39.0 Å². The summed E-state index contributed by atoms with van der Waals surface area (Å²) in [6, 6.07) is 0.915. The van der Waals surface area contributed by atoms with E-state index in [4.69, 9.17) is 16.3 Å². The lowest BCUT2D eigenvalue weighted by Gasteiger charge is -2.25. The molecular weight excluding hydrogens is 359 g/mol. The fourth-order valence-corrected chi connectivity index (χ4v) is 3.07. The summed E-state index contributed by atoms with van der Waals surface area (Å²) in [6.07, 6.45) is -3.39. The molecule has 9 heteroatoms. The van der Waals surface area contributed by atoms with Crippen LogP contribution in [-0.2, 0) is 10.9 Å². The molecule has 1 aromatic heterocycles. The van der Waals surface area contributed by atoms with Crippen molar-refractivity contribution in [2.75, 3.05) is 50.8 Å². The van der Waals surface area contributed by atoms with E-state index in [1.807, 2.05) is 11.8 Å². The first-order valence-electron chi connectivity index (χ1n) is 8.27. The van der Waals surface area contributed by atoms with E-state index < -0.39 is 17.8 Å². The molecule has 0 amide bonds. The molecule has 2 heterocycles. The van der Waals surface area contributed by atoms with Crippen LogP contribution in [0, 0.1) is 0 Å². The van der Waals surface area contributed by atoms with E-state index in [9.17, 15) is 18.3 Å².